The number of carbonyl (C=O) groups excluding carboxylic acids is 1. The Bertz CT molecular complexity index is 900. The minimum Gasteiger partial charge on any atom is -0.457 e. The van der Waals surface area contributed by atoms with Crippen LogP contribution in [0, 0.1) is 0 Å². The van der Waals surface area contributed by atoms with Gasteiger partial charge in [-0.1, -0.05) is 145 Å². The number of rotatable bonds is 34. The van der Waals surface area contributed by atoms with Gasteiger partial charge in [-0.05, 0) is 44.9 Å². The Balaban J connectivity index is 4.25. The Morgan fingerprint density at radius 1 is 0.660 bits per heavy atom. The summed E-state index contributed by atoms with van der Waals surface area (Å²) in [7, 11) is -4.29. The first-order valence-electron chi connectivity index (χ1n) is 18.3. The first-order chi connectivity index (χ1) is 22.9. The zero-order chi connectivity index (χ0) is 34.5. The van der Waals surface area contributed by atoms with Gasteiger partial charge in [-0.2, -0.15) is 0 Å². The van der Waals surface area contributed by atoms with E-state index in [1.54, 1.807) is 0 Å². The number of esters is 1. The normalized spacial score (nSPS) is 14.4. The number of nitrogens with two attached hydrogens (primary N) is 1. The fourth-order valence-corrected chi connectivity index (χ4v) is 5.35. The Kier molecular flexibility index (Phi) is 34.1. The van der Waals surface area contributed by atoms with Gasteiger partial charge in [-0.3, -0.25) is 13.8 Å². The van der Waals surface area contributed by atoms with Crippen LogP contribution in [0.5, 0.6) is 0 Å². The lowest BCUT2D eigenvalue weighted by Crippen LogP contribution is -2.28. The SMILES string of the molecule is CC/C=C\C/C=C\C/C=C\C/C=C\C/C=C\CCOCC(COP(=O)(O)OCCN)OC(=O)CCCCCCCCCCCCCC. The van der Waals surface area contributed by atoms with Crippen LogP contribution in [-0.2, 0) is 27.9 Å². The summed E-state index contributed by atoms with van der Waals surface area (Å²) in [4.78, 5) is 22.3. The first kappa shape index (κ1) is 45.2. The van der Waals surface area contributed by atoms with Crippen LogP contribution in [0.25, 0.3) is 0 Å². The molecular formula is C38H68NO7P. The van der Waals surface area contributed by atoms with Gasteiger partial charge in [-0.25, -0.2) is 4.57 Å². The summed E-state index contributed by atoms with van der Waals surface area (Å²) in [5.74, 6) is -0.359. The third-order valence-electron chi connectivity index (χ3n) is 7.22. The van der Waals surface area contributed by atoms with Gasteiger partial charge in [0.15, 0.2) is 0 Å². The van der Waals surface area contributed by atoms with Gasteiger partial charge in [0.25, 0.3) is 0 Å². The van der Waals surface area contributed by atoms with Crippen molar-refractivity contribution in [2.45, 2.75) is 142 Å². The molecule has 0 aliphatic carbocycles. The number of phosphoric acid groups is 1. The highest BCUT2D eigenvalue weighted by Gasteiger charge is 2.25. The highest BCUT2D eigenvalue weighted by atomic mass is 31.2. The van der Waals surface area contributed by atoms with Gasteiger partial charge in [0.1, 0.15) is 6.10 Å². The highest BCUT2D eigenvalue weighted by Crippen LogP contribution is 2.43. The maximum Gasteiger partial charge on any atom is 0.472 e. The monoisotopic (exact) mass is 681 g/mol. The number of allylic oxidation sites excluding steroid dienone is 9. The second-order valence-electron chi connectivity index (χ2n) is 11.7. The van der Waals surface area contributed by atoms with Crippen LogP contribution in [0.15, 0.2) is 60.8 Å². The number of phosphoric ester groups is 1. The van der Waals surface area contributed by atoms with E-state index < -0.39 is 13.9 Å². The molecule has 0 aromatic carbocycles. The summed E-state index contributed by atoms with van der Waals surface area (Å²) in [5, 5.41) is 0. The van der Waals surface area contributed by atoms with E-state index in [-0.39, 0.29) is 32.3 Å². The predicted octanol–water partition coefficient (Wildman–Crippen LogP) is 10.2. The second-order valence-corrected chi connectivity index (χ2v) is 13.2. The summed E-state index contributed by atoms with van der Waals surface area (Å²) in [5.41, 5.74) is 5.34. The van der Waals surface area contributed by atoms with Crippen molar-refractivity contribution in [3.63, 3.8) is 0 Å². The summed E-state index contributed by atoms with van der Waals surface area (Å²) >= 11 is 0. The zero-order valence-corrected chi connectivity index (χ0v) is 30.6. The van der Waals surface area contributed by atoms with Crippen molar-refractivity contribution < 1.29 is 32.8 Å². The predicted molar refractivity (Wildman–Crippen MR) is 196 cm³/mol. The summed E-state index contributed by atoms with van der Waals surface area (Å²) in [6.07, 6.45) is 41.1. The second kappa shape index (κ2) is 35.5. The van der Waals surface area contributed by atoms with Gasteiger partial charge < -0.3 is 20.1 Å². The van der Waals surface area contributed by atoms with E-state index >= 15 is 0 Å². The molecule has 0 aromatic rings. The molecule has 2 atom stereocenters. The maximum absolute atomic E-state index is 12.5. The quantitative estimate of drug-likeness (QED) is 0.0298. The fourth-order valence-electron chi connectivity index (χ4n) is 4.59. The average molecular weight is 682 g/mol. The molecule has 0 radical (unpaired) electrons. The van der Waals surface area contributed by atoms with Crippen LogP contribution in [0.3, 0.4) is 0 Å². The summed E-state index contributed by atoms with van der Waals surface area (Å²) in [6.45, 7) is 4.55. The van der Waals surface area contributed by atoms with Gasteiger partial charge in [-0.15, -0.1) is 0 Å². The summed E-state index contributed by atoms with van der Waals surface area (Å²) in [6, 6.07) is 0. The van der Waals surface area contributed by atoms with Crippen molar-refractivity contribution in [3.05, 3.63) is 60.8 Å². The zero-order valence-electron chi connectivity index (χ0n) is 29.7. The first-order valence-corrected chi connectivity index (χ1v) is 19.8. The van der Waals surface area contributed by atoms with Crippen molar-refractivity contribution in [1.82, 2.24) is 0 Å². The summed E-state index contributed by atoms with van der Waals surface area (Å²) < 4.78 is 33.1. The minimum absolute atomic E-state index is 0.0613. The third kappa shape index (κ3) is 35.3. The van der Waals surface area contributed by atoms with E-state index in [0.29, 0.717) is 19.4 Å². The number of hydrogen-bond acceptors (Lipinski definition) is 7. The molecular weight excluding hydrogens is 613 g/mol. The highest BCUT2D eigenvalue weighted by molar-refractivity contribution is 7.47. The van der Waals surface area contributed by atoms with Crippen molar-refractivity contribution in [2.75, 3.05) is 33.0 Å². The van der Waals surface area contributed by atoms with Crippen molar-refractivity contribution in [2.24, 2.45) is 5.73 Å². The Labute approximate surface area is 287 Å². The lowest BCUT2D eigenvalue weighted by molar-refractivity contribution is -0.154. The number of ether oxygens (including phenoxy) is 2. The maximum atomic E-state index is 12.5. The molecule has 0 fully saturated rings. The van der Waals surface area contributed by atoms with Crippen LogP contribution in [0.4, 0.5) is 0 Å². The molecule has 0 spiro atoms. The van der Waals surface area contributed by atoms with Crippen molar-refractivity contribution >= 4 is 13.8 Å². The van der Waals surface area contributed by atoms with Crippen LogP contribution in [-0.4, -0.2) is 49.9 Å². The molecule has 0 aliphatic rings. The number of unbranched alkanes of at least 4 members (excludes halogenated alkanes) is 11. The van der Waals surface area contributed by atoms with Crippen LogP contribution in [0.2, 0.25) is 0 Å². The van der Waals surface area contributed by atoms with Crippen molar-refractivity contribution in [1.29, 1.82) is 0 Å². The van der Waals surface area contributed by atoms with Gasteiger partial charge in [0.2, 0.25) is 0 Å². The molecule has 0 rings (SSSR count). The number of carbonyl (C=O) groups is 1. The minimum atomic E-state index is -4.29. The molecule has 3 N–H and O–H groups in total. The number of hydrogen-bond donors (Lipinski definition) is 2. The Morgan fingerprint density at radius 2 is 1.15 bits per heavy atom. The lowest BCUT2D eigenvalue weighted by Gasteiger charge is -2.19. The van der Waals surface area contributed by atoms with Gasteiger partial charge in [0.05, 0.1) is 26.4 Å². The smallest absolute Gasteiger partial charge is 0.457 e. The molecule has 272 valence electrons. The molecule has 0 aliphatic heterocycles. The molecule has 0 aromatic heterocycles. The fraction of sp³-hybridized carbons (Fsp3) is 0.711. The third-order valence-corrected chi connectivity index (χ3v) is 8.20. The average Bonchev–Trinajstić information content (AvgIpc) is 3.06. The largest absolute Gasteiger partial charge is 0.472 e. The van der Waals surface area contributed by atoms with E-state index in [1.807, 2.05) is 6.08 Å². The van der Waals surface area contributed by atoms with Gasteiger partial charge >= 0.3 is 13.8 Å². The van der Waals surface area contributed by atoms with E-state index in [1.165, 1.54) is 57.8 Å². The topological polar surface area (TPSA) is 117 Å². The molecule has 0 amide bonds. The van der Waals surface area contributed by atoms with Gasteiger partial charge in [0, 0.05) is 13.0 Å². The standard InChI is InChI=1S/C38H68NO7P/c1-3-5-7-9-11-13-15-17-18-19-20-22-24-26-28-30-33-43-35-37(36-45-47(41,42)44-34-32-39)46-38(40)31-29-27-25-23-21-16-14-12-10-8-6-4-2/h5,7,11,13,17-18,20,22,26,28,37H,3-4,6,8-10,12,14-16,19,21,23-25,27,29-36,39H2,1-2H3,(H,41,42)/b7-5-,13-11-,18-17-,22-20-,28-26-. The van der Waals surface area contributed by atoms with E-state index in [0.717, 1.165) is 51.4 Å². The van der Waals surface area contributed by atoms with E-state index in [4.69, 9.17) is 24.3 Å². The lowest BCUT2D eigenvalue weighted by atomic mass is 10.0. The van der Waals surface area contributed by atoms with Crippen LogP contribution < -0.4 is 5.73 Å². The molecule has 8 nitrogen and oxygen atoms in total. The van der Waals surface area contributed by atoms with E-state index in [2.05, 4.69) is 68.5 Å². The van der Waals surface area contributed by atoms with Crippen LogP contribution >= 0.6 is 7.82 Å². The Hall–Kier alpha value is -1.80. The molecule has 0 saturated heterocycles. The Morgan fingerprint density at radius 3 is 1.66 bits per heavy atom. The molecule has 9 heteroatoms. The van der Waals surface area contributed by atoms with E-state index in [9.17, 15) is 14.3 Å². The molecule has 47 heavy (non-hydrogen) atoms. The molecule has 2 unspecified atom stereocenters. The molecule has 0 saturated carbocycles. The van der Waals surface area contributed by atoms with Crippen molar-refractivity contribution in [3.8, 4) is 0 Å². The van der Waals surface area contributed by atoms with Crippen LogP contribution in [0.1, 0.15) is 136 Å². The molecule has 0 bridgehead atoms. The molecule has 0 heterocycles.